The van der Waals surface area contributed by atoms with Crippen molar-refractivity contribution in [3.63, 3.8) is 0 Å². The maximum atomic E-state index is 15.8. The van der Waals surface area contributed by atoms with Crippen molar-refractivity contribution in [2.45, 2.75) is 25.6 Å². The zero-order valence-corrected chi connectivity index (χ0v) is 21.0. The number of hydrogen-bond acceptors (Lipinski definition) is 5. The third-order valence-corrected chi connectivity index (χ3v) is 8.04. The van der Waals surface area contributed by atoms with Gasteiger partial charge in [-0.1, -0.05) is 29.8 Å². The molecular formula is C26H26F2N4O4S. The van der Waals surface area contributed by atoms with E-state index in [9.17, 15) is 17.9 Å². The van der Waals surface area contributed by atoms with Crippen molar-refractivity contribution < 1.29 is 27.0 Å². The lowest BCUT2D eigenvalue weighted by molar-refractivity contribution is 0.210. The Morgan fingerprint density at radius 2 is 1.97 bits per heavy atom. The Hall–Kier alpha value is -3.54. The molecule has 1 fully saturated rings. The zero-order chi connectivity index (χ0) is 26.3. The van der Waals surface area contributed by atoms with Gasteiger partial charge in [0.25, 0.3) is 0 Å². The lowest BCUT2D eigenvalue weighted by Crippen LogP contribution is -2.34. The van der Waals surface area contributed by atoms with Gasteiger partial charge in [0, 0.05) is 42.0 Å². The molecule has 194 valence electrons. The Morgan fingerprint density at radius 3 is 2.65 bits per heavy atom. The number of nitrogens with zero attached hydrogens (tertiary/aromatic N) is 2. The van der Waals surface area contributed by atoms with Crippen molar-refractivity contribution in [3.8, 4) is 16.9 Å². The molecule has 2 aromatic heterocycles. The van der Waals surface area contributed by atoms with E-state index in [0.717, 1.165) is 21.0 Å². The highest BCUT2D eigenvalue weighted by Gasteiger charge is 2.33. The number of aliphatic hydroxyl groups excluding tert-OH is 1. The van der Waals surface area contributed by atoms with Gasteiger partial charge in [-0.3, -0.25) is 4.72 Å². The van der Waals surface area contributed by atoms with E-state index in [2.05, 4.69) is 14.7 Å². The van der Waals surface area contributed by atoms with Crippen molar-refractivity contribution in [1.29, 1.82) is 0 Å². The molecule has 0 spiro atoms. The molecule has 2 atom stereocenters. The number of ether oxygens (including phenoxy) is 1. The molecule has 8 nitrogen and oxygen atoms in total. The van der Waals surface area contributed by atoms with Crippen LogP contribution in [0.5, 0.6) is 5.75 Å². The molecule has 0 bridgehead atoms. The van der Waals surface area contributed by atoms with Gasteiger partial charge in [-0.2, -0.15) is 12.7 Å². The number of aromatic amines is 1. The number of rotatable bonds is 7. The van der Waals surface area contributed by atoms with Crippen molar-refractivity contribution in [1.82, 2.24) is 14.3 Å². The van der Waals surface area contributed by atoms with Crippen LogP contribution in [0.15, 0.2) is 54.9 Å². The minimum absolute atomic E-state index is 0.00455. The number of alkyl halides is 1. The van der Waals surface area contributed by atoms with E-state index < -0.39 is 28.3 Å². The van der Waals surface area contributed by atoms with Gasteiger partial charge in [-0.25, -0.2) is 13.8 Å². The molecule has 0 saturated carbocycles. The van der Waals surface area contributed by atoms with Gasteiger partial charge in [0.1, 0.15) is 23.7 Å². The number of pyridine rings is 1. The molecule has 1 saturated heterocycles. The number of fused-ring (bicyclic) bond motifs is 1. The van der Waals surface area contributed by atoms with Gasteiger partial charge in [0.05, 0.1) is 18.4 Å². The summed E-state index contributed by atoms with van der Waals surface area (Å²) in [4.78, 5) is 7.43. The summed E-state index contributed by atoms with van der Waals surface area (Å²) in [6.45, 7) is 1.69. The number of nitrogens with one attached hydrogen (secondary N) is 2. The van der Waals surface area contributed by atoms with Gasteiger partial charge in [0.15, 0.2) is 5.82 Å². The number of aryl methyl sites for hydroxylation is 1. The maximum absolute atomic E-state index is 15.8. The van der Waals surface area contributed by atoms with Crippen LogP contribution in [0.2, 0.25) is 0 Å². The molecule has 0 amide bonds. The fourth-order valence-corrected chi connectivity index (χ4v) is 5.77. The fourth-order valence-electron chi connectivity index (χ4n) is 4.51. The quantitative estimate of drug-likeness (QED) is 0.328. The molecule has 5 rings (SSSR count). The Kier molecular flexibility index (Phi) is 6.61. The number of hydrogen-bond donors (Lipinski definition) is 3. The monoisotopic (exact) mass is 528 g/mol. The summed E-state index contributed by atoms with van der Waals surface area (Å²) in [5, 5.41) is 11.9. The second-order valence-corrected chi connectivity index (χ2v) is 10.7. The van der Waals surface area contributed by atoms with Gasteiger partial charge in [-0.05, 0) is 37.1 Å². The number of H-pyrrole nitrogens is 1. The van der Waals surface area contributed by atoms with Crippen molar-refractivity contribution in [2.24, 2.45) is 0 Å². The third kappa shape index (κ3) is 4.77. The summed E-state index contributed by atoms with van der Waals surface area (Å²) >= 11 is 0. The molecule has 3 N–H and O–H groups in total. The topological polar surface area (TPSA) is 108 Å². The first-order valence-electron chi connectivity index (χ1n) is 11.7. The third-order valence-electron chi connectivity index (χ3n) is 6.55. The molecule has 0 radical (unpaired) electrons. The van der Waals surface area contributed by atoms with E-state index in [0.29, 0.717) is 16.6 Å². The van der Waals surface area contributed by atoms with Gasteiger partial charge in [-0.15, -0.1) is 0 Å². The van der Waals surface area contributed by atoms with Crippen LogP contribution in [-0.4, -0.2) is 54.2 Å². The first kappa shape index (κ1) is 25.1. The summed E-state index contributed by atoms with van der Waals surface area (Å²) in [5.74, 6) is -0.960. The Morgan fingerprint density at radius 1 is 1.22 bits per heavy atom. The van der Waals surface area contributed by atoms with E-state index >= 15 is 4.39 Å². The van der Waals surface area contributed by atoms with Crippen molar-refractivity contribution in [2.75, 3.05) is 24.9 Å². The fraction of sp³-hybridized carbons (Fsp3) is 0.269. The smallest absolute Gasteiger partial charge is 0.301 e. The summed E-state index contributed by atoms with van der Waals surface area (Å²) in [6.07, 6.45) is 0.536. The highest BCUT2D eigenvalue weighted by atomic mass is 32.2. The molecule has 1 unspecified atom stereocenters. The molecule has 2 aromatic carbocycles. The Bertz CT molecular complexity index is 1560. The van der Waals surface area contributed by atoms with Crippen LogP contribution in [0.1, 0.15) is 29.2 Å². The Balaban J connectivity index is 1.53. The van der Waals surface area contributed by atoms with Crippen molar-refractivity contribution >= 4 is 26.9 Å². The number of halogens is 2. The average molecular weight is 529 g/mol. The van der Waals surface area contributed by atoms with Gasteiger partial charge < -0.3 is 14.8 Å². The molecule has 37 heavy (non-hydrogen) atoms. The second kappa shape index (κ2) is 9.73. The van der Waals surface area contributed by atoms with Crippen LogP contribution >= 0.6 is 0 Å². The first-order valence-corrected chi connectivity index (χ1v) is 13.1. The summed E-state index contributed by atoms with van der Waals surface area (Å²) in [7, 11) is -2.87. The molecule has 0 aliphatic carbocycles. The van der Waals surface area contributed by atoms with E-state index in [1.807, 2.05) is 37.3 Å². The SMILES string of the molecule is COc1ccc(NS(=O)(=O)N2CC[C@@H](F)C2)c(F)c1C(O)c1c[nH]c2ncc(-c3ccc(C)cc3)cc12. The maximum Gasteiger partial charge on any atom is 0.301 e. The summed E-state index contributed by atoms with van der Waals surface area (Å²) in [5.41, 5.74) is 3.07. The largest absolute Gasteiger partial charge is 0.496 e. The standard InChI is InChI=1S/C26H26F2N4O4S/c1-15-3-5-16(6-4-15)17-11-19-20(13-30-26(19)29-12-17)25(33)23-22(36-2)8-7-21(24(23)28)31-37(34,35)32-10-9-18(27)14-32/h3-8,11-13,18,25,31,33H,9-10,14H2,1-2H3,(H,29,30)/t18-,25?/m1/s1. The Labute approximate surface area is 213 Å². The number of benzene rings is 2. The lowest BCUT2D eigenvalue weighted by atomic mass is 9.98. The molecule has 4 aromatic rings. The van der Waals surface area contributed by atoms with E-state index in [1.165, 1.54) is 25.4 Å². The van der Waals surface area contributed by atoms with Gasteiger partial charge in [0.2, 0.25) is 0 Å². The minimum Gasteiger partial charge on any atom is -0.496 e. The lowest BCUT2D eigenvalue weighted by Gasteiger charge is -2.20. The van der Waals surface area contributed by atoms with E-state index in [1.54, 1.807) is 6.20 Å². The molecular weight excluding hydrogens is 502 g/mol. The van der Waals surface area contributed by atoms with Crippen LogP contribution in [0.4, 0.5) is 14.5 Å². The average Bonchev–Trinajstić information content (AvgIpc) is 3.51. The molecule has 1 aliphatic heterocycles. The van der Waals surface area contributed by atoms with Crippen molar-refractivity contribution in [3.05, 3.63) is 77.4 Å². The van der Waals surface area contributed by atoms with Crippen LogP contribution in [-0.2, 0) is 10.2 Å². The highest BCUT2D eigenvalue weighted by Crippen LogP contribution is 2.39. The zero-order valence-electron chi connectivity index (χ0n) is 20.2. The van der Waals surface area contributed by atoms with E-state index in [-0.39, 0.29) is 36.5 Å². The van der Waals surface area contributed by atoms with Gasteiger partial charge >= 0.3 is 10.2 Å². The predicted octanol–water partition coefficient (Wildman–Crippen LogP) is 4.47. The summed E-state index contributed by atoms with van der Waals surface area (Å²) < 4.78 is 63.1. The summed E-state index contributed by atoms with van der Waals surface area (Å²) in [6, 6.07) is 12.3. The number of aliphatic hydroxyl groups is 1. The second-order valence-electron chi connectivity index (χ2n) is 9.03. The predicted molar refractivity (Wildman–Crippen MR) is 137 cm³/mol. The van der Waals surface area contributed by atoms with E-state index in [4.69, 9.17) is 4.74 Å². The minimum atomic E-state index is -4.19. The number of aromatic nitrogens is 2. The molecule has 11 heteroatoms. The highest BCUT2D eigenvalue weighted by molar-refractivity contribution is 7.90. The van der Waals surface area contributed by atoms with Crippen LogP contribution in [0, 0.1) is 12.7 Å². The normalized spacial score (nSPS) is 17.3. The first-order chi connectivity index (χ1) is 17.7. The number of anilines is 1. The van der Waals surface area contributed by atoms with Crippen LogP contribution in [0.3, 0.4) is 0 Å². The number of methoxy groups -OCH3 is 1. The molecule has 1 aliphatic rings. The molecule has 3 heterocycles. The van der Waals surface area contributed by atoms with Crippen LogP contribution in [0.25, 0.3) is 22.2 Å². The van der Waals surface area contributed by atoms with Crippen LogP contribution < -0.4 is 9.46 Å².